The monoisotopic (exact) mass is 846 g/mol. The Bertz CT molecular complexity index is 2310. The Morgan fingerprint density at radius 3 is 1.04 bits per heavy atom. The van der Waals surface area contributed by atoms with Gasteiger partial charge in [0.2, 0.25) is 0 Å². The van der Waals surface area contributed by atoms with E-state index in [1.807, 2.05) is 72.8 Å². The van der Waals surface area contributed by atoms with Crippen LogP contribution in [0.3, 0.4) is 0 Å². The third kappa shape index (κ3) is 5.41. The average Bonchev–Trinajstić information content (AvgIpc) is 3.88. The molecule has 8 heteroatoms. The van der Waals surface area contributed by atoms with Crippen LogP contribution in [-0.2, 0) is 0 Å². The number of carbonyl (C=O) groups is 4. The second-order valence-electron chi connectivity index (χ2n) is 15.5. The summed E-state index contributed by atoms with van der Waals surface area (Å²) < 4.78 is 1.90. The first-order valence-electron chi connectivity index (χ1n) is 18.6. The van der Waals surface area contributed by atoms with Crippen molar-refractivity contribution in [2.45, 2.75) is 79.1 Å². The van der Waals surface area contributed by atoms with Gasteiger partial charge in [0.15, 0.2) is 0 Å². The van der Waals surface area contributed by atoms with E-state index in [0.717, 1.165) is 31.1 Å². The minimum absolute atomic E-state index is 0.0410. The van der Waals surface area contributed by atoms with E-state index in [1.165, 1.54) is 9.80 Å². The first kappa shape index (κ1) is 36.4. The van der Waals surface area contributed by atoms with Crippen LogP contribution >= 0.6 is 0 Å². The molecule has 2 aliphatic rings. The summed E-state index contributed by atoms with van der Waals surface area (Å²) in [6.45, 7) is 16.6. The summed E-state index contributed by atoms with van der Waals surface area (Å²) in [5.74, 6) is -1.55. The molecular weight excluding hydrogens is 802 g/mol. The Labute approximate surface area is 328 Å². The maximum atomic E-state index is 15.4. The van der Waals surface area contributed by atoms with Gasteiger partial charge in [0.1, 0.15) is 0 Å². The van der Waals surface area contributed by atoms with Crippen molar-refractivity contribution in [3.63, 3.8) is 0 Å². The Morgan fingerprint density at radius 2 is 0.759 bits per heavy atom. The maximum absolute atomic E-state index is 15.4. The number of benzene rings is 4. The van der Waals surface area contributed by atoms with Crippen LogP contribution in [0.1, 0.15) is 143 Å². The van der Waals surface area contributed by atoms with Crippen LogP contribution in [-0.4, -0.2) is 52.6 Å². The van der Waals surface area contributed by atoms with Gasteiger partial charge in [-0.15, -0.1) is 0 Å². The number of anilines is 2. The van der Waals surface area contributed by atoms with Gasteiger partial charge < -0.3 is 0 Å². The topological polar surface area (TPSA) is 74.8 Å². The molecule has 0 N–H and O–H groups in total. The van der Waals surface area contributed by atoms with Crippen molar-refractivity contribution in [3.05, 3.63) is 127 Å². The fraction of sp³-hybridized carbons (Fsp3) is 0.261. The molecule has 6 aromatic rings. The Kier molecular flexibility index (Phi) is 9.18. The zero-order chi connectivity index (χ0) is 38.3. The van der Waals surface area contributed by atoms with E-state index in [4.69, 9.17) is 0 Å². The first-order valence-corrected chi connectivity index (χ1v) is 22.3. The first-order chi connectivity index (χ1) is 25.8. The summed E-state index contributed by atoms with van der Waals surface area (Å²) in [6, 6.07) is 23.7. The third-order valence-corrected chi connectivity index (χ3v) is 14.6. The van der Waals surface area contributed by atoms with Gasteiger partial charge in [0.25, 0.3) is 0 Å². The van der Waals surface area contributed by atoms with Crippen LogP contribution in [0.4, 0.5) is 11.4 Å². The number of hydrogen-bond acceptors (Lipinski definition) is 4. The second-order valence-corrected chi connectivity index (χ2v) is 19.5. The molecule has 6 nitrogen and oxygen atoms in total. The number of nitrogens with zero attached hydrogens (tertiary/aromatic N) is 2. The average molecular weight is 845 g/mol. The van der Waals surface area contributed by atoms with Crippen LogP contribution in [0.5, 0.6) is 0 Å². The molecule has 0 fully saturated rings. The predicted molar refractivity (Wildman–Crippen MR) is 220 cm³/mol. The Hall–Kier alpha value is -4.58. The van der Waals surface area contributed by atoms with Crippen molar-refractivity contribution in [1.29, 1.82) is 0 Å². The third-order valence-electron chi connectivity index (χ3n) is 10.8. The van der Waals surface area contributed by atoms with Gasteiger partial charge in [-0.05, 0) is 0 Å². The summed E-state index contributed by atoms with van der Waals surface area (Å²) in [5.41, 5.74) is 7.67. The summed E-state index contributed by atoms with van der Waals surface area (Å²) >= 11 is -0.201. The van der Waals surface area contributed by atoms with E-state index < -0.39 is 23.6 Å². The molecule has 0 saturated carbocycles. The molecule has 272 valence electrons. The number of rotatable bonds is 8. The zero-order valence-corrected chi connectivity index (χ0v) is 35.2. The van der Waals surface area contributed by atoms with E-state index in [9.17, 15) is 0 Å². The predicted octanol–water partition coefficient (Wildman–Crippen LogP) is 10.4. The summed E-state index contributed by atoms with van der Waals surface area (Å²) in [7, 11) is 0. The van der Waals surface area contributed by atoms with E-state index >= 15 is 19.2 Å². The molecule has 0 unspecified atom stereocenters. The van der Waals surface area contributed by atoms with Gasteiger partial charge in [-0.2, -0.15) is 0 Å². The van der Waals surface area contributed by atoms with Gasteiger partial charge in [0, 0.05) is 0 Å². The summed E-state index contributed by atoms with van der Waals surface area (Å²) in [4.78, 5) is 68.2. The molecule has 2 aromatic heterocycles. The number of carbonyl (C=O) groups excluding carboxylic acids is 4. The SMILES string of the molecule is CC(C)c1cccc(C(C)C)c1N1C(=O)c2cc(-c3ccc[se]3)c3c4c(cc(-c5ccc[se]5)c(c24)C1=O)C(=O)N(c1c(C(C)C)cccc1C(C)C)C3=O. The number of hydrogen-bond donors (Lipinski definition) is 0. The van der Waals surface area contributed by atoms with E-state index in [2.05, 4.69) is 65.3 Å². The van der Waals surface area contributed by atoms with E-state index in [-0.39, 0.29) is 52.7 Å². The molecule has 0 atom stereocenters. The molecule has 0 aliphatic carbocycles. The van der Waals surface area contributed by atoms with Gasteiger partial charge in [0.05, 0.1) is 0 Å². The number of imide groups is 2. The fourth-order valence-corrected chi connectivity index (χ4v) is 11.4. The molecule has 0 bridgehead atoms. The molecule has 54 heavy (non-hydrogen) atoms. The normalized spacial score (nSPS) is 14.3. The molecule has 0 radical (unpaired) electrons. The second kappa shape index (κ2) is 13.6. The number of para-hydroxylation sites is 2. The molecule has 0 saturated heterocycles. The zero-order valence-electron chi connectivity index (χ0n) is 31.7. The minimum atomic E-state index is -0.434. The standard InChI is InChI=1S/C46H42N2O4Se2/c1-23(2)27-13-9-14-28(24(3)4)41(27)47-43(49)33-21-32(36-18-12-20-54-36)40-38-34(22-31(35-17-11-19-53-35)39(37(33)38)45(47)51)44(50)48(46(40)52)42-29(25(5)6)15-10-16-30(42)26(7)8/h9-26H,1-8H3. The van der Waals surface area contributed by atoms with Crippen LogP contribution in [0, 0.1) is 0 Å². The van der Waals surface area contributed by atoms with Gasteiger partial charge >= 0.3 is 330 Å². The summed E-state index contributed by atoms with van der Waals surface area (Å²) in [6.07, 6.45) is 0. The number of amides is 4. The fourth-order valence-electron chi connectivity index (χ4n) is 8.26. The molecular formula is C46H42N2O4Se2. The van der Waals surface area contributed by atoms with Crippen molar-refractivity contribution in [2.24, 2.45) is 0 Å². The van der Waals surface area contributed by atoms with Crippen LogP contribution in [0.15, 0.2) is 82.7 Å². The quantitative estimate of drug-likeness (QED) is 0.113. The molecule has 4 amide bonds. The van der Waals surface area contributed by atoms with Crippen molar-refractivity contribution in [2.75, 3.05) is 9.80 Å². The van der Waals surface area contributed by atoms with Crippen LogP contribution in [0.25, 0.3) is 30.8 Å². The summed E-state index contributed by atoms with van der Waals surface area (Å²) in [5, 5.41) is 0.816. The molecule has 0 spiro atoms. The van der Waals surface area contributed by atoms with Gasteiger partial charge in [-0.3, -0.25) is 0 Å². The Balaban J connectivity index is 1.52. The molecule has 4 aromatic carbocycles. The van der Waals surface area contributed by atoms with Crippen molar-refractivity contribution >= 4 is 74.8 Å². The van der Waals surface area contributed by atoms with Crippen LogP contribution in [0.2, 0.25) is 0 Å². The van der Waals surface area contributed by atoms with E-state index in [0.29, 0.717) is 55.5 Å². The van der Waals surface area contributed by atoms with Crippen molar-refractivity contribution in [3.8, 4) is 20.0 Å². The van der Waals surface area contributed by atoms with Crippen LogP contribution < -0.4 is 9.80 Å². The molecule has 8 rings (SSSR count). The van der Waals surface area contributed by atoms with Gasteiger partial charge in [-0.1, -0.05) is 0 Å². The molecule has 2 aliphatic heterocycles. The molecule has 4 heterocycles. The Morgan fingerprint density at radius 1 is 0.426 bits per heavy atom. The van der Waals surface area contributed by atoms with Crippen molar-refractivity contribution in [1.82, 2.24) is 0 Å². The van der Waals surface area contributed by atoms with E-state index in [1.54, 1.807) is 0 Å². The van der Waals surface area contributed by atoms with Crippen molar-refractivity contribution < 1.29 is 19.2 Å². The van der Waals surface area contributed by atoms with Gasteiger partial charge in [-0.25, -0.2) is 0 Å².